The van der Waals surface area contributed by atoms with E-state index >= 15 is 0 Å². The van der Waals surface area contributed by atoms with E-state index in [9.17, 15) is 0 Å². The molecule has 2 aromatic heterocycles. The van der Waals surface area contributed by atoms with Gasteiger partial charge in [0.25, 0.3) is 0 Å². The summed E-state index contributed by atoms with van der Waals surface area (Å²) in [6.07, 6.45) is 5.23. The molecular weight excluding hydrogens is 326 g/mol. The number of nitrogens with zero attached hydrogens (tertiary/aromatic N) is 6. The summed E-state index contributed by atoms with van der Waals surface area (Å²) in [7, 11) is 5.97. The van der Waals surface area contributed by atoms with Gasteiger partial charge in [-0.3, -0.25) is 4.68 Å². The van der Waals surface area contributed by atoms with Crippen LogP contribution in [0.15, 0.2) is 35.6 Å². The molecule has 1 atom stereocenters. The molecule has 2 aromatic rings. The van der Waals surface area contributed by atoms with Gasteiger partial charge in [0.05, 0.1) is 18.4 Å². The van der Waals surface area contributed by atoms with Gasteiger partial charge in [-0.2, -0.15) is 5.10 Å². The molecule has 1 fully saturated rings. The van der Waals surface area contributed by atoms with Gasteiger partial charge in [0.1, 0.15) is 5.82 Å². The molecule has 140 valence electrons. The molecule has 1 aliphatic heterocycles. The van der Waals surface area contributed by atoms with Crippen LogP contribution < -0.4 is 10.2 Å². The van der Waals surface area contributed by atoms with E-state index in [4.69, 9.17) is 4.99 Å². The minimum Gasteiger partial charge on any atom is -0.363 e. The molecule has 0 saturated carbocycles. The van der Waals surface area contributed by atoms with Gasteiger partial charge < -0.3 is 15.1 Å². The third kappa shape index (κ3) is 4.33. The maximum absolute atomic E-state index is 4.83. The van der Waals surface area contributed by atoms with Gasteiger partial charge in [-0.15, -0.1) is 0 Å². The lowest BCUT2D eigenvalue weighted by Gasteiger charge is -2.21. The summed E-state index contributed by atoms with van der Waals surface area (Å²) in [5.74, 6) is 2.44. The highest BCUT2D eigenvalue weighted by atomic mass is 15.3. The molecule has 7 nitrogen and oxygen atoms in total. The Morgan fingerprint density at radius 1 is 1.38 bits per heavy atom. The van der Waals surface area contributed by atoms with Crippen molar-refractivity contribution in [3.63, 3.8) is 0 Å². The van der Waals surface area contributed by atoms with Crippen molar-refractivity contribution in [1.29, 1.82) is 0 Å². The Bertz CT molecular complexity index is 750. The fourth-order valence-corrected chi connectivity index (χ4v) is 3.26. The van der Waals surface area contributed by atoms with Crippen LogP contribution in [0.2, 0.25) is 0 Å². The number of pyridine rings is 1. The maximum atomic E-state index is 4.83. The molecule has 7 heteroatoms. The second-order valence-electron chi connectivity index (χ2n) is 6.93. The van der Waals surface area contributed by atoms with Crippen molar-refractivity contribution in [1.82, 2.24) is 25.0 Å². The predicted molar refractivity (Wildman–Crippen MR) is 106 cm³/mol. The molecule has 1 aliphatic rings. The predicted octanol–water partition coefficient (Wildman–Crippen LogP) is 1.84. The number of aliphatic imine (C=N–C) groups is 1. The summed E-state index contributed by atoms with van der Waals surface area (Å²) < 4.78 is 1.88. The molecule has 0 radical (unpaired) electrons. The third-order valence-corrected chi connectivity index (χ3v) is 4.66. The van der Waals surface area contributed by atoms with Gasteiger partial charge in [-0.25, -0.2) is 9.98 Å². The average molecular weight is 355 g/mol. The lowest BCUT2D eigenvalue weighted by Crippen LogP contribution is -2.40. The Balaban J connectivity index is 1.69. The number of nitrogens with one attached hydrogen (secondary N) is 1. The first-order chi connectivity index (χ1) is 12.6. The monoisotopic (exact) mass is 355 g/mol. The number of aromatic nitrogens is 3. The van der Waals surface area contributed by atoms with Crippen LogP contribution in [0.3, 0.4) is 0 Å². The van der Waals surface area contributed by atoms with Gasteiger partial charge in [-0.05, 0) is 31.0 Å². The molecule has 0 spiro atoms. The van der Waals surface area contributed by atoms with E-state index < -0.39 is 0 Å². The van der Waals surface area contributed by atoms with Crippen LogP contribution >= 0.6 is 0 Å². The summed E-state index contributed by atoms with van der Waals surface area (Å²) in [5.41, 5.74) is 2.29. The summed E-state index contributed by atoms with van der Waals surface area (Å²) in [6, 6.07) is 6.08. The Hall–Kier alpha value is -2.57. The van der Waals surface area contributed by atoms with Crippen LogP contribution in [-0.2, 0) is 13.6 Å². The van der Waals surface area contributed by atoms with Crippen molar-refractivity contribution in [2.45, 2.75) is 25.8 Å². The topological polar surface area (TPSA) is 61.6 Å². The molecule has 1 unspecified atom stereocenters. The average Bonchev–Trinajstić information content (AvgIpc) is 3.28. The Morgan fingerprint density at radius 3 is 2.92 bits per heavy atom. The molecule has 0 aliphatic carbocycles. The zero-order valence-corrected chi connectivity index (χ0v) is 16.2. The van der Waals surface area contributed by atoms with Crippen molar-refractivity contribution >= 4 is 11.8 Å². The molecule has 0 bridgehead atoms. The number of rotatable bonds is 5. The highest BCUT2D eigenvalue weighted by molar-refractivity contribution is 5.80. The zero-order chi connectivity index (χ0) is 18.5. The quantitative estimate of drug-likeness (QED) is 0.655. The second kappa shape index (κ2) is 8.21. The molecule has 1 N–H and O–H groups in total. The highest BCUT2D eigenvalue weighted by Gasteiger charge is 2.26. The molecule has 26 heavy (non-hydrogen) atoms. The van der Waals surface area contributed by atoms with Gasteiger partial charge in [0, 0.05) is 52.9 Å². The van der Waals surface area contributed by atoms with E-state index in [0.717, 1.165) is 43.5 Å². The fraction of sp³-hybridized carbons (Fsp3) is 0.526. The van der Waals surface area contributed by atoms with Crippen molar-refractivity contribution < 1.29 is 0 Å². The number of hydrogen-bond donors (Lipinski definition) is 1. The van der Waals surface area contributed by atoms with Crippen LogP contribution in [0.25, 0.3) is 0 Å². The van der Waals surface area contributed by atoms with E-state index in [1.54, 1.807) is 0 Å². The molecule has 3 heterocycles. The lowest BCUT2D eigenvalue weighted by molar-refractivity contribution is 0.486. The molecule has 0 aromatic carbocycles. The first kappa shape index (κ1) is 18.2. The van der Waals surface area contributed by atoms with E-state index in [0.29, 0.717) is 12.5 Å². The van der Waals surface area contributed by atoms with Crippen LogP contribution in [-0.4, -0.2) is 59.4 Å². The van der Waals surface area contributed by atoms with E-state index in [2.05, 4.69) is 33.4 Å². The van der Waals surface area contributed by atoms with E-state index in [1.165, 1.54) is 5.56 Å². The lowest BCUT2D eigenvalue weighted by atomic mass is 10.0. The van der Waals surface area contributed by atoms with Crippen molar-refractivity contribution in [2.24, 2.45) is 12.0 Å². The minimum absolute atomic E-state index is 0.516. The zero-order valence-electron chi connectivity index (χ0n) is 16.2. The molecule has 1 saturated heterocycles. The number of aryl methyl sites for hydroxylation is 1. The fourth-order valence-electron chi connectivity index (χ4n) is 3.26. The van der Waals surface area contributed by atoms with Crippen LogP contribution in [0.4, 0.5) is 5.82 Å². The van der Waals surface area contributed by atoms with E-state index in [-0.39, 0.29) is 0 Å². The highest BCUT2D eigenvalue weighted by Crippen LogP contribution is 2.26. The van der Waals surface area contributed by atoms with Crippen molar-refractivity contribution in [3.8, 4) is 0 Å². The Morgan fingerprint density at radius 2 is 2.23 bits per heavy atom. The first-order valence-electron chi connectivity index (χ1n) is 9.22. The number of hydrogen-bond acceptors (Lipinski definition) is 4. The summed E-state index contributed by atoms with van der Waals surface area (Å²) in [6.45, 7) is 5.53. The second-order valence-corrected chi connectivity index (χ2v) is 6.93. The van der Waals surface area contributed by atoms with Crippen molar-refractivity contribution in [2.75, 3.05) is 38.6 Å². The van der Waals surface area contributed by atoms with E-state index in [1.807, 2.05) is 55.1 Å². The summed E-state index contributed by atoms with van der Waals surface area (Å²) in [5, 5.41) is 7.73. The standard InChI is InChI=1S/C19H29N7/c1-5-20-19(21-12-17-7-6-8-18(23-17)24(2)3)26-10-9-15(14-26)16-11-22-25(4)13-16/h6-8,11,13,15H,5,9-10,12,14H2,1-4H3,(H,20,21). The number of guanidine groups is 1. The number of anilines is 1. The van der Waals surface area contributed by atoms with Crippen LogP contribution in [0, 0.1) is 0 Å². The summed E-state index contributed by atoms with van der Waals surface area (Å²) >= 11 is 0. The normalized spacial score (nSPS) is 17.6. The first-order valence-corrected chi connectivity index (χ1v) is 9.22. The van der Waals surface area contributed by atoms with Gasteiger partial charge in [0.2, 0.25) is 0 Å². The Kier molecular flexibility index (Phi) is 5.75. The number of likely N-dealkylation sites (tertiary alicyclic amines) is 1. The minimum atomic E-state index is 0.516. The maximum Gasteiger partial charge on any atom is 0.194 e. The molecule has 3 rings (SSSR count). The van der Waals surface area contributed by atoms with Gasteiger partial charge in [0.15, 0.2) is 5.96 Å². The van der Waals surface area contributed by atoms with Crippen LogP contribution in [0.5, 0.6) is 0 Å². The van der Waals surface area contributed by atoms with Gasteiger partial charge in [-0.1, -0.05) is 6.07 Å². The SMILES string of the molecule is CCNC(=NCc1cccc(N(C)C)n1)N1CCC(c2cnn(C)c2)C1. The largest absolute Gasteiger partial charge is 0.363 e. The van der Waals surface area contributed by atoms with Gasteiger partial charge >= 0.3 is 0 Å². The molecule has 0 amide bonds. The third-order valence-electron chi connectivity index (χ3n) is 4.66. The van der Waals surface area contributed by atoms with Crippen LogP contribution in [0.1, 0.15) is 30.5 Å². The molecular formula is C19H29N7. The van der Waals surface area contributed by atoms with Crippen molar-refractivity contribution in [3.05, 3.63) is 41.9 Å². The Labute approximate surface area is 155 Å². The summed E-state index contributed by atoms with van der Waals surface area (Å²) in [4.78, 5) is 13.8. The smallest absolute Gasteiger partial charge is 0.194 e.